The fraction of sp³-hybridized carbons (Fsp3) is 0.909. The van der Waals surface area contributed by atoms with Crippen LogP contribution in [0.25, 0.3) is 0 Å². The summed E-state index contributed by atoms with van der Waals surface area (Å²) in [5.41, 5.74) is -1.25. The van der Waals surface area contributed by atoms with Crippen LogP contribution in [0.2, 0.25) is 0 Å². The van der Waals surface area contributed by atoms with Crippen LogP contribution in [0.4, 0.5) is 0 Å². The van der Waals surface area contributed by atoms with Gasteiger partial charge in [-0.3, -0.25) is 4.79 Å². The molecule has 0 saturated heterocycles. The quantitative estimate of drug-likeness (QED) is 0.748. The Morgan fingerprint density at radius 3 is 2.53 bits per heavy atom. The molecule has 0 heterocycles. The molecule has 0 amide bonds. The minimum absolute atomic E-state index is 0.410. The van der Waals surface area contributed by atoms with Crippen LogP contribution < -0.4 is 5.32 Å². The zero-order chi connectivity index (χ0) is 12.7. The lowest BCUT2D eigenvalue weighted by Crippen LogP contribution is -2.59. The summed E-state index contributed by atoms with van der Waals surface area (Å²) in [6.45, 7) is 0.623. The second-order valence-corrected chi connectivity index (χ2v) is 7.54. The number of nitrogens with one attached hydrogen (secondary N) is 1. The Labute approximate surface area is 102 Å². The van der Waals surface area contributed by atoms with Crippen molar-refractivity contribution in [2.45, 2.75) is 42.9 Å². The molecule has 98 valence electrons. The van der Waals surface area contributed by atoms with E-state index < -0.39 is 26.6 Å². The summed E-state index contributed by atoms with van der Waals surface area (Å²) >= 11 is 0. The molecule has 0 aromatic heterocycles. The van der Waals surface area contributed by atoms with Crippen molar-refractivity contribution in [1.82, 2.24) is 5.32 Å². The lowest BCUT2D eigenvalue weighted by atomic mass is 9.97. The van der Waals surface area contributed by atoms with Crippen LogP contribution in [0, 0.1) is 5.92 Å². The predicted molar refractivity (Wildman–Crippen MR) is 63.6 cm³/mol. The zero-order valence-corrected chi connectivity index (χ0v) is 10.8. The van der Waals surface area contributed by atoms with Crippen molar-refractivity contribution < 1.29 is 18.3 Å². The Kier molecular flexibility index (Phi) is 3.20. The normalized spacial score (nSPS) is 33.8. The molecule has 0 radical (unpaired) electrons. The minimum Gasteiger partial charge on any atom is -0.480 e. The van der Waals surface area contributed by atoms with E-state index in [9.17, 15) is 18.3 Å². The average Bonchev–Trinajstić information content (AvgIpc) is 2.91. The Morgan fingerprint density at radius 1 is 1.41 bits per heavy atom. The first-order valence-electron chi connectivity index (χ1n) is 6.03. The predicted octanol–water partition coefficient (Wildman–Crippen LogP) is 0.406. The second-order valence-electron chi connectivity index (χ2n) is 5.31. The van der Waals surface area contributed by atoms with Gasteiger partial charge in [-0.15, -0.1) is 0 Å². The molecule has 0 aromatic carbocycles. The van der Waals surface area contributed by atoms with Gasteiger partial charge in [-0.05, 0) is 44.6 Å². The average molecular weight is 261 g/mol. The molecule has 0 bridgehead atoms. The summed E-state index contributed by atoms with van der Waals surface area (Å²) in [7, 11) is -3.33. The van der Waals surface area contributed by atoms with Crippen molar-refractivity contribution in [2.24, 2.45) is 5.92 Å². The summed E-state index contributed by atoms with van der Waals surface area (Å²) in [4.78, 5) is 11.5. The van der Waals surface area contributed by atoms with Gasteiger partial charge in [-0.25, -0.2) is 8.42 Å². The molecule has 0 spiro atoms. The molecular weight excluding hydrogens is 242 g/mol. The molecular formula is C11H19NO4S. The van der Waals surface area contributed by atoms with E-state index >= 15 is 0 Å². The highest BCUT2D eigenvalue weighted by Gasteiger charge is 2.53. The number of hydrogen-bond acceptors (Lipinski definition) is 4. The summed E-state index contributed by atoms with van der Waals surface area (Å²) in [6, 6.07) is 0. The topological polar surface area (TPSA) is 83.5 Å². The maximum atomic E-state index is 11.7. The van der Waals surface area contributed by atoms with E-state index in [1.54, 1.807) is 0 Å². The number of carboxylic acids is 1. The van der Waals surface area contributed by atoms with Gasteiger partial charge in [0, 0.05) is 6.26 Å². The Hall–Kier alpha value is -0.620. The van der Waals surface area contributed by atoms with Crippen LogP contribution in [-0.4, -0.2) is 43.1 Å². The van der Waals surface area contributed by atoms with Gasteiger partial charge in [0.05, 0.1) is 5.25 Å². The molecule has 2 fully saturated rings. The summed E-state index contributed by atoms with van der Waals surface area (Å²) in [6.07, 6.45) is 4.88. The van der Waals surface area contributed by atoms with Crippen LogP contribution in [0.5, 0.6) is 0 Å². The molecule has 2 saturated carbocycles. The molecule has 2 rings (SSSR count). The highest BCUT2D eigenvalue weighted by Crippen LogP contribution is 2.37. The van der Waals surface area contributed by atoms with E-state index in [-0.39, 0.29) is 0 Å². The lowest BCUT2D eigenvalue weighted by molar-refractivity contribution is -0.144. The van der Waals surface area contributed by atoms with Gasteiger partial charge in [-0.1, -0.05) is 0 Å². The molecule has 2 aliphatic carbocycles. The van der Waals surface area contributed by atoms with E-state index in [2.05, 4.69) is 5.32 Å². The summed E-state index contributed by atoms with van der Waals surface area (Å²) < 4.78 is 23.4. The molecule has 2 unspecified atom stereocenters. The third-order valence-corrected chi connectivity index (χ3v) is 5.56. The van der Waals surface area contributed by atoms with Crippen molar-refractivity contribution in [3.05, 3.63) is 0 Å². The van der Waals surface area contributed by atoms with Crippen LogP contribution in [0.1, 0.15) is 32.1 Å². The number of hydrogen-bond donors (Lipinski definition) is 2. The molecule has 2 aliphatic rings. The molecule has 2 atom stereocenters. The number of carbonyl (C=O) groups is 1. The van der Waals surface area contributed by atoms with E-state index in [1.807, 2.05) is 0 Å². The third-order valence-electron chi connectivity index (χ3n) is 3.89. The smallest absolute Gasteiger partial charge is 0.325 e. The highest BCUT2D eigenvalue weighted by atomic mass is 32.2. The maximum absolute atomic E-state index is 11.7. The number of sulfone groups is 1. The van der Waals surface area contributed by atoms with Gasteiger partial charge in [0.1, 0.15) is 5.54 Å². The van der Waals surface area contributed by atoms with Gasteiger partial charge < -0.3 is 10.4 Å². The van der Waals surface area contributed by atoms with E-state index in [0.29, 0.717) is 31.7 Å². The summed E-state index contributed by atoms with van der Waals surface area (Å²) in [5, 5.41) is 11.7. The molecule has 2 N–H and O–H groups in total. The fourth-order valence-corrected chi connectivity index (χ4v) is 4.35. The Bertz CT molecular complexity index is 415. The van der Waals surface area contributed by atoms with Gasteiger partial charge in [0.25, 0.3) is 0 Å². The van der Waals surface area contributed by atoms with Gasteiger partial charge in [-0.2, -0.15) is 0 Å². The number of carboxylic acid groups (broad SMARTS) is 1. The molecule has 6 heteroatoms. The molecule has 0 aliphatic heterocycles. The second kappa shape index (κ2) is 4.24. The number of rotatable bonds is 5. The first kappa shape index (κ1) is 12.8. The first-order valence-corrected chi connectivity index (χ1v) is 7.99. The maximum Gasteiger partial charge on any atom is 0.325 e. The van der Waals surface area contributed by atoms with Gasteiger partial charge in [0.15, 0.2) is 9.84 Å². The van der Waals surface area contributed by atoms with Crippen molar-refractivity contribution in [1.29, 1.82) is 0 Å². The number of aliphatic carboxylic acids is 1. The Balaban J connectivity index is 2.21. The van der Waals surface area contributed by atoms with E-state index in [0.717, 1.165) is 19.1 Å². The van der Waals surface area contributed by atoms with E-state index in [1.165, 1.54) is 0 Å². The van der Waals surface area contributed by atoms with Crippen LogP contribution in [0.3, 0.4) is 0 Å². The van der Waals surface area contributed by atoms with Crippen LogP contribution >= 0.6 is 0 Å². The SMILES string of the molecule is CS(=O)(=O)C1CCCC1(NCC1CC1)C(=O)O. The van der Waals surface area contributed by atoms with Crippen molar-refractivity contribution >= 4 is 15.8 Å². The van der Waals surface area contributed by atoms with Crippen molar-refractivity contribution in [2.75, 3.05) is 12.8 Å². The standard InChI is InChI=1S/C11H19NO4S/c1-17(15,16)9-3-2-6-11(9,10(13)14)12-7-8-4-5-8/h8-9,12H,2-7H2,1H3,(H,13,14). The van der Waals surface area contributed by atoms with Crippen LogP contribution in [0.15, 0.2) is 0 Å². The van der Waals surface area contributed by atoms with Crippen LogP contribution in [-0.2, 0) is 14.6 Å². The third kappa shape index (κ3) is 2.47. The lowest BCUT2D eigenvalue weighted by Gasteiger charge is -2.31. The van der Waals surface area contributed by atoms with Gasteiger partial charge in [0.2, 0.25) is 0 Å². The van der Waals surface area contributed by atoms with Gasteiger partial charge >= 0.3 is 5.97 Å². The first-order chi connectivity index (χ1) is 7.86. The summed E-state index contributed by atoms with van der Waals surface area (Å²) in [5.74, 6) is -0.488. The monoisotopic (exact) mass is 261 g/mol. The largest absolute Gasteiger partial charge is 0.480 e. The molecule has 17 heavy (non-hydrogen) atoms. The van der Waals surface area contributed by atoms with Crippen molar-refractivity contribution in [3.63, 3.8) is 0 Å². The zero-order valence-electron chi connectivity index (χ0n) is 9.98. The van der Waals surface area contributed by atoms with E-state index in [4.69, 9.17) is 0 Å². The minimum atomic E-state index is -3.33. The molecule has 5 nitrogen and oxygen atoms in total. The fourth-order valence-electron chi connectivity index (χ4n) is 2.72. The molecule has 0 aromatic rings. The highest BCUT2D eigenvalue weighted by molar-refractivity contribution is 7.91. The Morgan fingerprint density at radius 2 is 2.06 bits per heavy atom. The van der Waals surface area contributed by atoms with Crippen molar-refractivity contribution in [3.8, 4) is 0 Å².